The van der Waals surface area contributed by atoms with Gasteiger partial charge in [-0.1, -0.05) is 37.8 Å². The highest BCUT2D eigenvalue weighted by Gasteiger charge is 2.06. The van der Waals surface area contributed by atoms with E-state index in [4.69, 9.17) is 4.74 Å². The Morgan fingerprint density at radius 1 is 1.11 bits per heavy atom. The van der Waals surface area contributed by atoms with Crippen molar-refractivity contribution in [1.29, 1.82) is 5.26 Å². The fourth-order valence-electron chi connectivity index (χ4n) is 2.86. The lowest BCUT2D eigenvalue weighted by molar-refractivity contribution is -0.117. The Morgan fingerprint density at radius 3 is 2.48 bits per heavy atom. The lowest BCUT2D eigenvalue weighted by atomic mass is 9.96. The molecule has 0 fully saturated rings. The molecule has 0 aromatic heterocycles. The van der Waals surface area contributed by atoms with Gasteiger partial charge in [0.25, 0.3) is 0 Å². The van der Waals surface area contributed by atoms with E-state index in [0.29, 0.717) is 35.8 Å². The second-order valence-electron chi connectivity index (χ2n) is 6.83. The number of carbonyl (C=O) groups excluding carboxylic acids is 1. The molecular formula is C24H25NO2. The molecule has 0 aliphatic rings. The number of Topliss-reactive ketones (excluding diaryl/α,β-unsaturated/α-hetero) is 1. The maximum Gasteiger partial charge on any atom is 0.130 e. The van der Waals surface area contributed by atoms with Gasteiger partial charge in [-0.05, 0) is 61.6 Å². The molecule has 0 spiro atoms. The lowest BCUT2D eigenvalue weighted by Gasteiger charge is -2.09. The van der Waals surface area contributed by atoms with Crippen molar-refractivity contribution in [3.8, 4) is 23.7 Å². The average Bonchev–Trinajstić information content (AvgIpc) is 2.65. The van der Waals surface area contributed by atoms with Gasteiger partial charge in [0, 0.05) is 17.5 Å². The van der Waals surface area contributed by atoms with Gasteiger partial charge in [-0.25, -0.2) is 0 Å². The molecule has 2 rings (SSSR count). The quantitative estimate of drug-likeness (QED) is 0.660. The highest BCUT2D eigenvalue weighted by molar-refractivity contribution is 5.75. The zero-order chi connectivity index (χ0) is 19.6. The Morgan fingerprint density at radius 2 is 1.85 bits per heavy atom. The van der Waals surface area contributed by atoms with Crippen LogP contribution < -0.4 is 4.74 Å². The molecule has 0 saturated carbocycles. The first-order valence-electron chi connectivity index (χ1n) is 9.29. The number of ketones is 1. The summed E-state index contributed by atoms with van der Waals surface area (Å²) in [6.07, 6.45) is 2.41. The van der Waals surface area contributed by atoms with Crippen molar-refractivity contribution in [3.05, 3.63) is 64.7 Å². The predicted octanol–water partition coefficient (Wildman–Crippen LogP) is 4.90. The van der Waals surface area contributed by atoms with Gasteiger partial charge in [0.15, 0.2) is 0 Å². The van der Waals surface area contributed by atoms with E-state index in [2.05, 4.69) is 24.8 Å². The minimum Gasteiger partial charge on any atom is -0.494 e. The molecule has 0 N–H and O–H groups in total. The second kappa shape index (κ2) is 10.2. The number of benzene rings is 2. The second-order valence-corrected chi connectivity index (χ2v) is 6.83. The van der Waals surface area contributed by atoms with Crippen LogP contribution in [0.1, 0.15) is 55.9 Å². The van der Waals surface area contributed by atoms with Gasteiger partial charge in [0.2, 0.25) is 0 Å². The molecule has 1 atom stereocenters. The third-order valence-electron chi connectivity index (χ3n) is 4.10. The van der Waals surface area contributed by atoms with E-state index in [1.165, 1.54) is 5.56 Å². The third-order valence-corrected chi connectivity index (χ3v) is 4.10. The monoisotopic (exact) mass is 359 g/mol. The topological polar surface area (TPSA) is 50.1 Å². The maximum absolute atomic E-state index is 11.2. The molecule has 3 nitrogen and oxygen atoms in total. The summed E-state index contributed by atoms with van der Waals surface area (Å²) >= 11 is 0. The highest BCUT2D eigenvalue weighted by Crippen LogP contribution is 2.17. The van der Waals surface area contributed by atoms with E-state index in [1.807, 2.05) is 43.3 Å². The van der Waals surface area contributed by atoms with Gasteiger partial charge < -0.3 is 9.53 Å². The van der Waals surface area contributed by atoms with Crippen molar-refractivity contribution in [3.63, 3.8) is 0 Å². The number of rotatable bonds is 7. The zero-order valence-electron chi connectivity index (χ0n) is 16.2. The molecule has 27 heavy (non-hydrogen) atoms. The summed E-state index contributed by atoms with van der Waals surface area (Å²) in [6, 6.07) is 15.7. The summed E-state index contributed by atoms with van der Waals surface area (Å²) in [6.45, 7) is 6.40. The average molecular weight is 359 g/mol. The van der Waals surface area contributed by atoms with Crippen molar-refractivity contribution in [2.24, 2.45) is 5.92 Å². The van der Waals surface area contributed by atoms with E-state index in [-0.39, 0.29) is 5.78 Å². The van der Waals surface area contributed by atoms with Crippen molar-refractivity contribution < 1.29 is 9.53 Å². The fraction of sp³-hybridized carbons (Fsp3) is 0.333. The summed E-state index contributed by atoms with van der Waals surface area (Å²) in [7, 11) is 0. The maximum atomic E-state index is 11.2. The van der Waals surface area contributed by atoms with Crippen LogP contribution in [0, 0.1) is 29.1 Å². The van der Waals surface area contributed by atoms with Crippen LogP contribution in [0.5, 0.6) is 5.75 Å². The van der Waals surface area contributed by atoms with Gasteiger partial charge >= 0.3 is 0 Å². The number of carbonyl (C=O) groups is 1. The van der Waals surface area contributed by atoms with Crippen LogP contribution in [0.4, 0.5) is 0 Å². The SMILES string of the molecule is CCCOc1ccc(C#Cc2ccc(CC(C)CC(C)=O)cc2)c(C#N)c1. The van der Waals surface area contributed by atoms with Gasteiger partial charge in [-0.15, -0.1) is 0 Å². The van der Waals surface area contributed by atoms with E-state index >= 15 is 0 Å². The van der Waals surface area contributed by atoms with E-state index in [0.717, 1.165) is 18.4 Å². The third kappa shape index (κ3) is 6.65. The van der Waals surface area contributed by atoms with Gasteiger partial charge in [-0.3, -0.25) is 0 Å². The molecule has 3 heteroatoms. The Hall–Kier alpha value is -3.04. The Labute approximate surface area is 162 Å². The first-order valence-corrected chi connectivity index (χ1v) is 9.29. The van der Waals surface area contributed by atoms with Crippen LogP contribution in [-0.2, 0) is 11.2 Å². The van der Waals surface area contributed by atoms with Gasteiger partial charge in [0.1, 0.15) is 17.6 Å². The van der Waals surface area contributed by atoms with Crippen LogP contribution in [0.15, 0.2) is 42.5 Å². The molecule has 2 aromatic carbocycles. The summed E-state index contributed by atoms with van der Waals surface area (Å²) in [5.41, 5.74) is 3.31. The summed E-state index contributed by atoms with van der Waals surface area (Å²) in [5.74, 6) is 7.45. The lowest BCUT2D eigenvalue weighted by Crippen LogP contribution is -2.04. The predicted molar refractivity (Wildman–Crippen MR) is 108 cm³/mol. The molecule has 0 aliphatic carbocycles. The number of hydrogen-bond acceptors (Lipinski definition) is 3. The highest BCUT2D eigenvalue weighted by atomic mass is 16.5. The largest absolute Gasteiger partial charge is 0.494 e. The molecular weight excluding hydrogens is 334 g/mol. The van der Waals surface area contributed by atoms with E-state index in [9.17, 15) is 10.1 Å². The Bertz CT molecular complexity index is 879. The van der Waals surface area contributed by atoms with Gasteiger partial charge in [0.05, 0.1) is 12.2 Å². The normalized spacial score (nSPS) is 11.0. The molecule has 0 heterocycles. The van der Waals surface area contributed by atoms with Crippen molar-refractivity contribution in [1.82, 2.24) is 0 Å². The molecule has 0 saturated heterocycles. The number of nitrogens with zero attached hydrogens (tertiary/aromatic N) is 1. The Balaban J connectivity index is 2.09. The standard InChI is InChI=1S/C24H25NO2/c1-4-13-27-24-12-11-22(23(16-24)17-25)10-9-20-5-7-21(8-6-20)15-18(2)14-19(3)26/h5-8,11-12,16,18H,4,13-15H2,1-3H3. The van der Waals surface area contributed by atoms with Crippen molar-refractivity contribution in [2.75, 3.05) is 6.61 Å². The van der Waals surface area contributed by atoms with Crippen molar-refractivity contribution >= 4 is 5.78 Å². The van der Waals surface area contributed by atoms with Crippen LogP contribution in [0.2, 0.25) is 0 Å². The van der Waals surface area contributed by atoms with Gasteiger partial charge in [-0.2, -0.15) is 5.26 Å². The smallest absolute Gasteiger partial charge is 0.130 e. The molecule has 1 unspecified atom stereocenters. The molecule has 0 amide bonds. The van der Waals surface area contributed by atoms with Crippen LogP contribution in [0.3, 0.4) is 0 Å². The number of hydrogen-bond donors (Lipinski definition) is 0. The van der Waals surface area contributed by atoms with Crippen LogP contribution >= 0.6 is 0 Å². The minimum absolute atomic E-state index is 0.226. The van der Waals surface area contributed by atoms with Crippen LogP contribution in [0.25, 0.3) is 0 Å². The summed E-state index contributed by atoms with van der Waals surface area (Å²) in [4.78, 5) is 11.2. The molecule has 2 aromatic rings. The van der Waals surface area contributed by atoms with Crippen molar-refractivity contribution in [2.45, 2.75) is 40.0 Å². The fourth-order valence-corrected chi connectivity index (χ4v) is 2.86. The zero-order valence-corrected chi connectivity index (χ0v) is 16.2. The minimum atomic E-state index is 0.226. The molecule has 138 valence electrons. The number of ether oxygens (including phenoxy) is 1. The molecule has 0 bridgehead atoms. The molecule has 0 aliphatic heterocycles. The summed E-state index contributed by atoms with van der Waals surface area (Å²) < 4.78 is 5.56. The first kappa shape index (κ1) is 20.3. The first-order chi connectivity index (χ1) is 13.0. The van der Waals surface area contributed by atoms with Crippen LogP contribution in [-0.4, -0.2) is 12.4 Å². The van der Waals surface area contributed by atoms with E-state index < -0.39 is 0 Å². The summed E-state index contributed by atoms with van der Waals surface area (Å²) in [5, 5.41) is 9.35. The molecule has 0 radical (unpaired) electrons. The Kier molecular flexibility index (Phi) is 7.65. The van der Waals surface area contributed by atoms with E-state index in [1.54, 1.807) is 13.0 Å². The number of nitriles is 1.